The van der Waals surface area contributed by atoms with E-state index >= 15 is 0 Å². The van der Waals surface area contributed by atoms with Crippen molar-refractivity contribution in [1.82, 2.24) is 5.32 Å². The van der Waals surface area contributed by atoms with Crippen LogP contribution >= 0.6 is 11.6 Å². The number of hydrogen-bond acceptors (Lipinski definition) is 3. The number of amides is 1. The minimum Gasteiger partial charge on any atom is -0.355 e. The Morgan fingerprint density at radius 1 is 1.09 bits per heavy atom. The summed E-state index contributed by atoms with van der Waals surface area (Å²) in [5.41, 5.74) is 1.43. The third kappa shape index (κ3) is 3.58. The van der Waals surface area contributed by atoms with Crippen molar-refractivity contribution >= 4 is 33.2 Å². The van der Waals surface area contributed by atoms with Crippen LogP contribution in [0.1, 0.15) is 15.9 Å². The molecule has 0 radical (unpaired) electrons. The van der Waals surface area contributed by atoms with E-state index in [-0.39, 0.29) is 27.1 Å². The van der Waals surface area contributed by atoms with Gasteiger partial charge in [-0.3, -0.25) is 9.52 Å². The molecule has 0 spiro atoms. The number of aryl methyl sites for hydroxylation is 1. The van der Waals surface area contributed by atoms with Crippen LogP contribution in [0, 0.1) is 6.92 Å². The zero-order valence-corrected chi connectivity index (χ0v) is 13.6. The van der Waals surface area contributed by atoms with E-state index < -0.39 is 10.0 Å². The normalized spacial score (nSPS) is 11.0. The van der Waals surface area contributed by atoms with Crippen LogP contribution in [0.2, 0.25) is 5.02 Å². The van der Waals surface area contributed by atoms with E-state index in [9.17, 15) is 13.2 Å². The molecule has 0 bridgehead atoms. The molecule has 7 heteroatoms. The maximum Gasteiger partial charge on any atom is 0.261 e. The van der Waals surface area contributed by atoms with Crippen LogP contribution in [0.4, 0.5) is 5.69 Å². The molecule has 0 aliphatic rings. The summed E-state index contributed by atoms with van der Waals surface area (Å²) in [4.78, 5) is 11.8. The monoisotopic (exact) mass is 338 g/mol. The molecule has 0 saturated heterocycles. The van der Waals surface area contributed by atoms with Gasteiger partial charge in [0.05, 0.1) is 15.5 Å². The third-order valence-corrected chi connectivity index (χ3v) is 4.75. The molecule has 0 atom stereocenters. The summed E-state index contributed by atoms with van der Waals surface area (Å²) in [6.45, 7) is 1.87. The van der Waals surface area contributed by atoms with Crippen LogP contribution in [0.3, 0.4) is 0 Å². The topological polar surface area (TPSA) is 75.3 Å². The number of halogens is 1. The Kier molecular flexibility index (Phi) is 4.73. The lowest BCUT2D eigenvalue weighted by atomic mass is 10.2. The van der Waals surface area contributed by atoms with E-state index in [0.29, 0.717) is 0 Å². The summed E-state index contributed by atoms with van der Waals surface area (Å²) in [7, 11) is -2.24. The predicted molar refractivity (Wildman–Crippen MR) is 86.8 cm³/mol. The van der Waals surface area contributed by atoms with E-state index in [1.807, 2.05) is 6.92 Å². The van der Waals surface area contributed by atoms with Gasteiger partial charge in [-0.1, -0.05) is 29.3 Å². The molecule has 116 valence electrons. The van der Waals surface area contributed by atoms with Gasteiger partial charge < -0.3 is 5.32 Å². The minimum absolute atomic E-state index is 0.148. The predicted octanol–water partition coefficient (Wildman–Crippen LogP) is 2.81. The molecule has 0 saturated carbocycles. The standard InChI is InChI=1S/C15H15ClN2O3S/c1-10-3-6-12(7-4-10)22(20,21)18-11-5-8-14(16)13(9-11)15(19)17-2/h3-9,18H,1-2H3,(H,17,19). The lowest BCUT2D eigenvalue weighted by molar-refractivity contribution is 0.0963. The first kappa shape index (κ1) is 16.3. The Labute approximate surface area is 134 Å². The van der Waals surface area contributed by atoms with Gasteiger partial charge in [0.25, 0.3) is 15.9 Å². The van der Waals surface area contributed by atoms with Crippen molar-refractivity contribution in [2.75, 3.05) is 11.8 Å². The van der Waals surface area contributed by atoms with Crippen LogP contribution in [-0.2, 0) is 10.0 Å². The number of nitrogens with one attached hydrogen (secondary N) is 2. The van der Waals surface area contributed by atoms with Crippen LogP contribution in [0.25, 0.3) is 0 Å². The number of hydrogen-bond donors (Lipinski definition) is 2. The average Bonchev–Trinajstić information content (AvgIpc) is 2.48. The van der Waals surface area contributed by atoms with Crippen LogP contribution in [-0.4, -0.2) is 21.4 Å². The van der Waals surface area contributed by atoms with Gasteiger partial charge in [0.15, 0.2) is 0 Å². The summed E-state index contributed by atoms with van der Waals surface area (Å²) in [5.74, 6) is -0.388. The van der Waals surface area contributed by atoms with E-state index in [2.05, 4.69) is 10.0 Å². The number of carbonyl (C=O) groups is 1. The van der Waals surface area contributed by atoms with Gasteiger partial charge in [-0.05, 0) is 37.3 Å². The molecule has 5 nitrogen and oxygen atoms in total. The maximum absolute atomic E-state index is 12.3. The van der Waals surface area contributed by atoms with Crippen molar-refractivity contribution in [1.29, 1.82) is 0 Å². The molecule has 2 aromatic rings. The van der Waals surface area contributed by atoms with Gasteiger partial charge in [0.2, 0.25) is 0 Å². The first-order valence-corrected chi connectivity index (χ1v) is 8.31. The molecule has 22 heavy (non-hydrogen) atoms. The number of rotatable bonds is 4. The van der Waals surface area contributed by atoms with Crippen LogP contribution < -0.4 is 10.0 Å². The fourth-order valence-corrected chi connectivity index (χ4v) is 3.08. The zero-order chi connectivity index (χ0) is 16.3. The molecular formula is C15H15ClN2O3S. The lowest BCUT2D eigenvalue weighted by Crippen LogP contribution is -2.19. The smallest absolute Gasteiger partial charge is 0.261 e. The van der Waals surface area contributed by atoms with Gasteiger partial charge in [-0.15, -0.1) is 0 Å². The number of benzene rings is 2. The van der Waals surface area contributed by atoms with E-state index in [1.54, 1.807) is 12.1 Å². The Morgan fingerprint density at radius 2 is 1.73 bits per heavy atom. The quantitative estimate of drug-likeness (QED) is 0.900. The first-order valence-electron chi connectivity index (χ1n) is 6.44. The Bertz CT molecular complexity index is 802. The van der Waals surface area contributed by atoms with Crippen molar-refractivity contribution in [2.24, 2.45) is 0 Å². The zero-order valence-electron chi connectivity index (χ0n) is 12.1. The molecule has 0 aliphatic heterocycles. The van der Waals surface area contributed by atoms with E-state index in [4.69, 9.17) is 11.6 Å². The van der Waals surface area contributed by atoms with E-state index in [1.165, 1.54) is 37.4 Å². The van der Waals surface area contributed by atoms with Gasteiger partial charge in [0.1, 0.15) is 0 Å². The fraction of sp³-hybridized carbons (Fsp3) is 0.133. The number of carbonyl (C=O) groups excluding carboxylic acids is 1. The highest BCUT2D eigenvalue weighted by atomic mass is 35.5. The summed E-state index contributed by atoms with van der Waals surface area (Å²) in [6, 6.07) is 10.8. The van der Waals surface area contributed by atoms with E-state index in [0.717, 1.165) is 5.56 Å². The van der Waals surface area contributed by atoms with Gasteiger partial charge in [0, 0.05) is 12.7 Å². The summed E-state index contributed by atoms with van der Waals surface area (Å²) < 4.78 is 27.0. The number of anilines is 1. The molecule has 0 unspecified atom stereocenters. The van der Waals surface area contributed by atoms with Gasteiger partial charge in [-0.2, -0.15) is 0 Å². The third-order valence-electron chi connectivity index (χ3n) is 3.02. The van der Waals surface area contributed by atoms with Gasteiger partial charge in [-0.25, -0.2) is 8.42 Å². The summed E-state index contributed by atoms with van der Waals surface area (Å²) >= 11 is 5.94. The van der Waals surface area contributed by atoms with Gasteiger partial charge >= 0.3 is 0 Å². The Morgan fingerprint density at radius 3 is 2.32 bits per heavy atom. The van der Waals surface area contributed by atoms with Crippen LogP contribution in [0.5, 0.6) is 0 Å². The fourth-order valence-electron chi connectivity index (χ4n) is 1.83. The van der Waals surface area contributed by atoms with Crippen molar-refractivity contribution in [3.63, 3.8) is 0 Å². The molecule has 2 N–H and O–H groups in total. The molecule has 0 aliphatic carbocycles. The Hall–Kier alpha value is -2.05. The van der Waals surface area contributed by atoms with Crippen molar-refractivity contribution in [2.45, 2.75) is 11.8 Å². The summed E-state index contributed by atoms with van der Waals surface area (Å²) in [5, 5.41) is 2.70. The highest BCUT2D eigenvalue weighted by Crippen LogP contribution is 2.23. The van der Waals surface area contributed by atoms with Crippen molar-refractivity contribution in [3.05, 3.63) is 58.6 Å². The second-order valence-electron chi connectivity index (χ2n) is 4.69. The van der Waals surface area contributed by atoms with Crippen LogP contribution in [0.15, 0.2) is 47.4 Å². The lowest BCUT2D eigenvalue weighted by Gasteiger charge is -2.10. The molecule has 2 rings (SSSR count). The Balaban J connectivity index is 2.34. The molecule has 0 aromatic heterocycles. The number of sulfonamides is 1. The van der Waals surface area contributed by atoms with Crippen molar-refractivity contribution in [3.8, 4) is 0 Å². The first-order chi connectivity index (χ1) is 10.3. The molecule has 2 aromatic carbocycles. The second kappa shape index (κ2) is 6.37. The average molecular weight is 339 g/mol. The molecule has 0 fully saturated rings. The molecular weight excluding hydrogens is 324 g/mol. The maximum atomic E-state index is 12.3. The molecule has 1 amide bonds. The minimum atomic E-state index is -3.72. The second-order valence-corrected chi connectivity index (χ2v) is 6.78. The SMILES string of the molecule is CNC(=O)c1cc(NS(=O)(=O)c2ccc(C)cc2)ccc1Cl. The van der Waals surface area contributed by atoms with Crippen molar-refractivity contribution < 1.29 is 13.2 Å². The highest BCUT2D eigenvalue weighted by molar-refractivity contribution is 7.92. The summed E-state index contributed by atoms with van der Waals surface area (Å²) in [6.07, 6.45) is 0. The largest absolute Gasteiger partial charge is 0.355 e. The molecule has 0 heterocycles. The highest BCUT2D eigenvalue weighted by Gasteiger charge is 2.16.